The van der Waals surface area contributed by atoms with Crippen LogP contribution in [0.1, 0.15) is 6.92 Å². The van der Waals surface area contributed by atoms with E-state index in [1.807, 2.05) is 11.8 Å². The Morgan fingerprint density at radius 1 is 1.62 bits per heavy atom. The van der Waals surface area contributed by atoms with E-state index in [9.17, 15) is 4.79 Å². The number of hydrogen-bond acceptors (Lipinski definition) is 7. The molecule has 9 nitrogen and oxygen atoms in total. The molecular weight excluding hydrogens is 274 g/mol. The summed E-state index contributed by atoms with van der Waals surface area (Å²) in [5.41, 5.74) is 6.89. The molecule has 1 atom stereocenters. The molecule has 3 heterocycles. The van der Waals surface area contributed by atoms with E-state index in [-0.39, 0.29) is 11.9 Å². The van der Waals surface area contributed by atoms with Gasteiger partial charge in [-0.2, -0.15) is 9.97 Å². The van der Waals surface area contributed by atoms with Crippen LogP contribution in [-0.2, 0) is 9.53 Å². The molecule has 9 heteroatoms. The highest BCUT2D eigenvalue weighted by Gasteiger charge is 2.32. The van der Waals surface area contributed by atoms with Gasteiger partial charge >= 0.3 is 0 Å². The molecule has 0 radical (unpaired) electrons. The summed E-state index contributed by atoms with van der Waals surface area (Å²) in [6.45, 7) is 3.82. The van der Waals surface area contributed by atoms with E-state index in [0.29, 0.717) is 43.3 Å². The van der Waals surface area contributed by atoms with Crippen molar-refractivity contribution >= 4 is 28.8 Å². The third-order valence-corrected chi connectivity index (χ3v) is 3.34. The molecule has 2 aromatic heterocycles. The molecule has 112 valence electrons. The summed E-state index contributed by atoms with van der Waals surface area (Å²) in [6.07, 6.45) is 1.53. The van der Waals surface area contributed by atoms with Crippen molar-refractivity contribution in [2.75, 3.05) is 36.9 Å². The number of aromatic amines is 1. The maximum Gasteiger partial charge on any atom is 0.245 e. The zero-order valence-electron chi connectivity index (χ0n) is 11.7. The Hall–Kier alpha value is -2.42. The fourth-order valence-electron chi connectivity index (χ4n) is 2.41. The summed E-state index contributed by atoms with van der Waals surface area (Å²) in [5.74, 6) is 0.613. The van der Waals surface area contributed by atoms with Crippen molar-refractivity contribution in [1.82, 2.24) is 25.3 Å². The largest absolute Gasteiger partial charge is 0.377 e. The molecule has 1 unspecified atom stereocenters. The lowest BCUT2D eigenvalue weighted by Gasteiger charge is -2.35. The van der Waals surface area contributed by atoms with Crippen LogP contribution < -0.4 is 16.0 Å². The van der Waals surface area contributed by atoms with Crippen LogP contribution in [0.2, 0.25) is 0 Å². The minimum absolute atomic E-state index is 0.0953. The summed E-state index contributed by atoms with van der Waals surface area (Å²) in [4.78, 5) is 29.5. The molecule has 0 aromatic carbocycles. The summed E-state index contributed by atoms with van der Waals surface area (Å²) in [5, 5.41) is 2.81. The quantitative estimate of drug-likeness (QED) is 0.681. The number of carbonyl (C=O) groups excluding carboxylic acids is 1. The van der Waals surface area contributed by atoms with Gasteiger partial charge in [-0.05, 0) is 6.92 Å². The van der Waals surface area contributed by atoms with Gasteiger partial charge < -0.3 is 25.7 Å². The highest BCUT2D eigenvalue weighted by molar-refractivity contribution is 5.90. The van der Waals surface area contributed by atoms with E-state index in [0.717, 1.165) is 0 Å². The molecule has 1 aliphatic rings. The average molecular weight is 291 g/mol. The predicted octanol–water partition coefficient (Wildman–Crippen LogP) is -0.724. The molecular formula is C12H17N7O2. The van der Waals surface area contributed by atoms with Crippen molar-refractivity contribution in [1.29, 1.82) is 0 Å². The summed E-state index contributed by atoms with van der Waals surface area (Å²) >= 11 is 0. The Balaban J connectivity index is 2.02. The molecule has 1 amide bonds. The van der Waals surface area contributed by atoms with Gasteiger partial charge in [-0.1, -0.05) is 0 Å². The Morgan fingerprint density at radius 3 is 3.29 bits per heavy atom. The minimum Gasteiger partial charge on any atom is -0.377 e. The van der Waals surface area contributed by atoms with E-state index in [1.54, 1.807) is 0 Å². The first-order valence-electron chi connectivity index (χ1n) is 6.79. The number of imidazole rings is 1. The summed E-state index contributed by atoms with van der Waals surface area (Å²) in [7, 11) is 0. The van der Waals surface area contributed by atoms with Crippen LogP contribution in [0, 0.1) is 0 Å². The Labute approximate surface area is 120 Å². The van der Waals surface area contributed by atoms with Gasteiger partial charge in [0.2, 0.25) is 11.9 Å². The second-order valence-electron chi connectivity index (χ2n) is 4.69. The number of nitrogens with one attached hydrogen (secondary N) is 2. The van der Waals surface area contributed by atoms with Gasteiger partial charge in [-0.25, -0.2) is 4.98 Å². The summed E-state index contributed by atoms with van der Waals surface area (Å²) < 4.78 is 5.42. The minimum atomic E-state index is -0.445. The highest BCUT2D eigenvalue weighted by atomic mass is 16.5. The zero-order chi connectivity index (χ0) is 14.8. The maximum atomic E-state index is 12.2. The van der Waals surface area contributed by atoms with Crippen molar-refractivity contribution < 1.29 is 9.53 Å². The second-order valence-corrected chi connectivity index (χ2v) is 4.69. The van der Waals surface area contributed by atoms with Crippen LogP contribution >= 0.6 is 0 Å². The molecule has 1 fully saturated rings. The first-order valence-corrected chi connectivity index (χ1v) is 6.79. The molecule has 4 N–H and O–H groups in total. The fourth-order valence-corrected chi connectivity index (χ4v) is 2.41. The molecule has 0 saturated carbocycles. The third-order valence-electron chi connectivity index (χ3n) is 3.34. The van der Waals surface area contributed by atoms with Gasteiger partial charge in [-0.3, -0.25) is 4.79 Å². The summed E-state index contributed by atoms with van der Waals surface area (Å²) in [6, 6.07) is -0.445. The molecule has 21 heavy (non-hydrogen) atoms. The van der Waals surface area contributed by atoms with E-state index < -0.39 is 6.04 Å². The van der Waals surface area contributed by atoms with Gasteiger partial charge in [0.25, 0.3) is 0 Å². The number of anilines is 2. The van der Waals surface area contributed by atoms with Crippen LogP contribution in [0.5, 0.6) is 0 Å². The molecule has 3 rings (SSSR count). The van der Waals surface area contributed by atoms with Gasteiger partial charge in [-0.15, -0.1) is 0 Å². The van der Waals surface area contributed by atoms with Crippen LogP contribution in [0.25, 0.3) is 11.2 Å². The smallest absolute Gasteiger partial charge is 0.245 e. The fraction of sp³-hybridized carbons (Fsp3) is 0.500. The van der Waals surface area contributed by atoms with E-state index in [2.05, 4.69) is 25.3 Å². The Bertz CT molecular complexity index is 656. The molecule has 2 aromatic rings. The molecule has 1 aliphatic heterocycles. The number of rotatable bonds is 3. The number of fused-ring (bicyclic) bond motifs is 1. The van der Waals surface area contributed by atoms with Crippen molar-refractivity contribution in [3.63, 3.8) is 0 Å². The number of amides is 1. The lowest BCUT2D eigenvalue weighted by molar-refractivity contribution is -0.124. The van der Waals surface area contributed by atoms with Crippen molar-refractivity contribution in [3.05, 3.63) is 6.33 Å². The standard InChI is InChI=1S/C12H17N7O2/c1-2-14-11(20)7-5-21-4-3-19(7)10-8-9(16-6-15-8)17-12(13)18-10/h6-7H,2-5H2,1H3,(H,14,20)(H3,13,15,16,17,18). The van der Waals surface area contributed by atoms with Gasteiger partial charge in [0.15, 0.2) is 11.5 Å². The van der Waals surface area contributed by atoms with Gasteiger partial charge in [0, 0.05) is 13.1 Å². The lowest BCUT2D eigenvalue weighted by Crippen LogP contribution is -2.54. The number of H-pyrrole nitrogens is 1. The van der Waals surface area contributed by atoms with Crippen molar-refractivity contribution in [2.45, 2.75) is 13.0 Å². The number of aromatic nitrogens is 4. The topological polar surface area (TPSA) is 122 Å². The second kappa shape index (κ2) is 5.52. The first-order chi connectivity index (χ1) is 10.2. The molecule has 0 spiro atoms. The number of nitrogen functional groups attached to an aromatic ring is 1. The van der Waals surface area contributed by atoms with E-state index in [1.165, 1.54) is 6.33 Å². The first kappa shape index (κ1) is 13.6. The van der Waals surface area contributed by atoms with Crippen LogP contribution in [0.3, 0.4) is 0 Å². The SMILES string of the molecule is CCNC(=O)C1COCCN1c1nc(N)nc2nc[nH]c12. The number of ether oxygens (including phenoxy) is 1. The normalized spacial score (nSPS) is 18.9. The molecule has 0 bridgehead atoms. The number of nitrogens with two attached hydrogens (primary N) is 1. The third kappa shape index (κ3) is 2.47. The number of carbonyl (C=O) groups is 1. The van der Waals surface area contributed by atoms with E-state index >= 15 is 0 Å². The van der Waals surface area contributed by atoms with Gasteiger partial charge in [0.1, 0.15) is 11.6 Å². The van der Waals surface area contributed by atoms with Crippen molar-refractivity contribution in [2.24, 2.45) is 0 Å². The number of likely N-dealkylation sites (N-methyl/N-ethyl adjacent to an activating group) is 1. The van der Waals surface area contributed by atoms with Crippen LogP contribution in [-0.4, -0.2) is 58.2 Å². The Kier molecular flexibility index (Phi) is 3.57. The van der Waals surface area contributed by atoms with Crippen molar-refractivity contribution in [3.8, 4) is 0 Å². The van der Waals surface area contributed by atoms with Gasteiger partial charge in [0.05, 0.1) is 19.5 Å². The molecule has 1 saturated heterocycles. The van der Waals surface area contributed by atoms with Crippen LogP contribution in [0.15, 0.2) is 6.33 Å². The zero-order valence-corrected chi connectivity index (χ0v) is 11.7. The number of morpholine rings is 1. The highest BCUT2D eigenvalue weighted by Crippen LogP contribution is 2.25. The number of hydrogen-bond donors (Lipinski definition) is 3. The van der Waals surface area contributed by atoms with E-state index in [4.69, 9.17) is 10.5 Å². The lowest BCUT2D eigenvalue weighted by atomic mass is 10.2. The average Bonchev–Trinajstić information content (AvgIpc) is 2.94. The number of nitrogens with zero attached hydrogens (tertiary/aromatic N) is 4. The van der Waals surface area contributed by atoms with Crippen LogP contribution in [0.4, 0.5) is 11.8 Å². The Morgan fingerprint density at radius 2 is 2.48 bits per heavy atom. The monoisotopic (exact) mass is 291 g/mol. The molecule has 0 aliphatic carbocycles. The predicted molar refractivity (Wildman–Crippen MR) is 76.7 cm³/mol. The maximum absolute atomic E-state index is 12.2.